The Balaban J connectivity index is 3.16. The molecule has 4 unspecified atom stereocenters. The molecule has 1 saturated carbocycles. The van der Waals surface area contributed by atoms with Crippen LogP contribution in [0.3, 0.4) is 0 Å². The van der Waals surface area contributed by atoms with Gasteiger partial charge >= 0.3 is 30.3 Å². The van der Waals surface area contributed by atoms with Crippen LogP contribution >= 0.6 is 0 Å². The van der Waals surface area contributed by atoms with Crippen molar-refractivity contribution in [3.8, 4) is 0 Å². The fourth-order valence-corrected chi connectivity index (χ4v) is 4.52. The lowest BCUT2D eigenvalue weighted by molar-refractivity contribution is -0.384. The van der Waals surface area contributed by atoms with Gasteiger partial charge in [-0.25, -0.2) is 27.8 Å². The molecule has 0 spiro atoms. The zero-order valence-electron chi connectivity index (χ0n) is 18.9. The molecular weight excluding hydrogens is 532 g/mol. The number of carbonyl (C=O) groups is 1. The second-order valence-electron chi connectivity index (χ2n) is 9.81. The van der Waals surface area contributed by atoms with Gasteiger partial charge in [0.05, 0.1) is 6.54 Å². The van der Waals surface area contributed by atoms with Crippen LogP contribution in [0.5, 0.6) is 0 Å². The lowest BCUT2D eigenvalue weighted by Gasteiger charge is -2.46. The van der Waals surface area contributed by atoms with E-state index < -0.39 is 65.6 Å². The minimum Gasteiger partial charge on any atom is -0.446 e. The van der Waals surface area contributed by atoms with Crippen LogP contribution in [0.4, 0.5) is 57.5 Å². The van der Waals surface area contributed by atoms with Crippen LogP contribution in [0.15, 0.2) is 4.99 Å². The van der Waals surface area contributed by atoms with E-state index in [4.69, 9.17) is 0 Å². The quantitative estimate of drug-likeness (QED) is 0.236. The number of alkyl halides is 12. The first-order chi connectivity index (χ1) is 15.9. The molecule has 5 nitrogen and oxygen atoms in total. The van der Waals surface area contributed by atoms with Gasteiger partial charge < -0.3 is 10.1 Å². The molecule has 0 aromatic heterocycles. The van der Waals surface area contributed by atoms with Gasteiger partial charge in [-0.1, -0.05) is 20.8 Å². The molecule has 0 radical (unpaired) electrons. The second kappa shape index (κ2) is 9.93. The predicted molar refractivity (Wildman–Crippen MR) is 97.7 cm³/mol. The Kier molecular flexibility index (Phi) is 8.79. The van der Waals surface area contributed by atoms with Crippen LogP contribution < -0.4 is 5.32 Å². The summed E-state index contributed by atoms with van der Waals surface area (Å²) in [5.74, 6) is 0. The molecular formula is C19H22F12N2O3. The van der Waals surface area contributed by atoms with E-state index >= 15 is 0 Å². The van der Waals surface area contributed by atoms with Crippen LogP contribution in [-0.4, -0.2) is 67.4 Å². The smallest absolute Gasteiger partial charge is 0.434 e. The maximum absolute atomic E-state index is 14.5. The van der Waals surface area contributed by atoms with Crippen molar-refractivity contribution >= 4 is 12.2 Å². The monoisotopic (exact) mass is 554 g/mol. The highest BCUT2D eigenvalue weighted by Crippen LogP contribution is 2.55. The summed E-state index contributed by atoms with van der Waals surface area (Å²) in [7, 11) is 0. The number of hydrogen-bond donors (Lipinski definition) is 1. The minimum atomic E-state index is -7.35. The number of aliphatic imine (C=N–C) groups is 1. The summed E-state index contributed by atoms with van der Waals surface area (Å²) in [6, 6.07) is -0.945. The van der Waals surface area contributed by atoms with Crippen LogP contribution in [0.2, 0.25) is 0 Å². The number of alkyl carbamates (subject to hydrolysis) is 1. The summed E-state index contributed by atoms with van der Waals surface area (Å²) in [6.07, 6.45) is -27.5. The number of ether oxygens (including phenoxy) is 1. The van der Waals surface area contributed by atoms with Crippen molar-refractivity contribution in [3.05, 3.63) is 0 Å². The molecule has 0 aromatic rings. The van der Waals surface area contributed by atoms with Gasteiger partial charge in [0.1, 0.15) is 6.61 Å². The van der Waals surface area contributed by atoms with Gasteiger partial charge in [-0.05, 0) is 30.1 Å². The number of isocyanates is 1. The maximum Gasteiger partial charge on any atom is 0.434 e. The van der Waals surface area contributed by atoms with Gasteiger partial charge in [0, 0.05) is 6.04 Å². The number of amides is 1. The third-order valence-electron chi connectivity index (χ3n) is 5.75. The van der Waals surface area contributed by atoms with E-state index in [-0.39, 0.29) is 19.4 Å². The Morgan fingerprint density at radius 2 is 1.47 bits per heavy atom. The zero-order valence-corrected chi connectivity index (χ0v) is 18.9. The molecule has 0 bridgehead atoms. The van der Waals surface area contributed by atoms with Gasteiger partial charge in [-0.3, -0.25) is 0 Å². The summed E-state index contributed by atoms with van der Waals surface area (Å²) >= 11 is 0. The molecule has 36 heavy (non-hydrogen) atoms. The van der Waals surface area contributed by atoms with Crippen molar-refractivity contribution in [2.75, 3.05) is 13.2 Å². The van der Waals surface area contributed by atoms with E-state index in [1.165, 1.54) is 6.08 Å². The third-order valence-corrected chi connectivity index (χ3v) is 5.75. The molecule has 4 atom stereocenters. The molecule has 0 aromatic carbocycles. The minimum absolute atomic E-state index is 0.0260. The Bertz CT molecular complexity index is 836. The summed E-state index contributed by atoms with van der Waals surface area (Å²) in [6.45, 7) is 1.91. The molecule has 1 amide bonds. The van der Waals surface area contributed by atoms with Crippen molar-refractivity contribution in [1.82, 2.24) is 5.32 Å². The summed E-state index contributed by atoms with van der Waals surface area (Å²) in [5, 5.41) is 1.97. The highest BCUT2D eigenvalue weighted by molar-refractivity contribution is 5.67. The molecule has 17 heteroatoms. The van der Waals surface area contributed by atoms with Gasteiger partial charge in [0.2, 0.25) is 6.08 Å². The van der Waals surface area contributed by atoms with Gasteiger partial charge in [0.25, 0.3) is 5.67 Å². The first kappa shape index (κ1) is 31.8. The molecule has 1 aliphatic rings. The van der Waals surface area contributed by atoms with Crippen molar-refractivity contribution < 1.29 is 67.0 Å². The van der Waals surface area contributed by atoms with Crippen LogP contribution in [0.25, 0.3) is 0 Å². The Hall–Kier alpha value is -2.19. The number of nitrogens with one attached hydrogen (secondary N) is 1. The Morgan fingerprint density at radius 3 is 1.89 bits per heavy atom. The van der Waals surface area contributed by atoms with Gasteiger partial charge in [0.15, 0.2) is 6.17 Å². The first-order valence-electron chi connectivity index (χ1n) is 10.0. The molecule has 0 heterocycles. The maximum atomic E-state index is 14.5. The molecule has 1 rings (SSSR count). The highest BCUT2D eigenvalue weighted by atomic mass is 19.4. The van der Waals surface area contributed by atoms with E-state index in [0.717, 1.165) is 0 Å². The summed E-state index contributed by atoms with van der Waals surface area (Å²) in [4.78, 5) is 25.8. The van der Waals surface area contributed by atoms with E-state index in [0.29, 0.717) is 6.42 Å². The second-order valence-corrected chi connectivity index (χ2v) is 9.81. The first-order valence-corrected chi connectivity index (χ1v) is 10.0. The van der Waals surface area contributed by atoms with Crippen LogP contribution in [-0.2, 0) is 9.53 Å². The van der Waals surface area contributed by atoms with Gasteiger partial charge in [-0.15, -0.1) is 0 Å². The SMILES string of the molecule is CC1(C)CC(NC(=O)OCC(F)(C(F)C(F)(C(F)(F)F)C(F)(F)F)C(F)(F)F)CC(C)(CN=C=O)C1. The number of carbonyl (C=O) groups excluding carboxylic acids is 2. The zero-order chi connectivity index (χ0) is 28.6. The molecule has 1 N–H and O–H groups in total. The summed E-state index contributed by atoms with van der Waals surface area (Å²) in [5.41, 5.74) is -14.8. The predicted octanol–water partition coefficient (Wildman–Crippen LogP) is 6.08. The van der Waals surface area contributed by atoms with E-state index in [9.17, 15) is 62.3 Å². The van der Waals surface area contributed by atoms with Crippen LogP contribution in [0, 0.1) is 10.8 Å². The lowest BCUT2D eigenvalue weighted by Crippen LogP contribution is -2.69. The van der Waals surface area contributed by atoms with Crippen LogP contribution in [0.1, 0.15) is 40.0 Å². The van der Waals surface area contributed by atoms with E-state index in [2.05, 4.69) is 9.73 Å². The largest absolute Gasteiger partial charge is 0.446 e. The average Bonchev–Trinajstić information content (AvgIpc) is 2.65. The fraction of sp³-hybridized carbons (Fsp3) is 0.895. The molecule has 1 aliphatic carbocycles. The Labute approximate surface area is 196 Å². The lowest BCUT2D eigenvalue weighted by atomic mass is 9.62. The van der Waals surface area contributed by atoms with Crippen molar-refractivity contribution in [1.29, 1.82) is 0 Å². The number of rotatable bonds is 7. The summed E-state index contributed by atoms with van der Waals surface area (Å²) < 4.78 is 162. The number of halogens is 12. The van der Waals surface area contributed by atoms with E-state index in [1.807, 2.05) is 5.32 Å². The highest BCUT2D eigenvalue weighted by Gasteiger charge is 2.84. The fourth-order valence-electron chi connectivity index (χ4n) is 4.52. The molecule has 0 aliphatic heterocycles. The molecule has 1 fully saturated rings. The average molecular weight is 554 g/mol. The van der Waals surface area contributed by atoms with Gasteiger partial charge in [-0.2, -0.15) is 39.5 Å². The standard InChI is InChI=1S/C19H22F12N2O3/c1-13(2)4-10(5-14(3,6-13)7-32-9-34)33-12(35)36-8-15(21,17(23,24)25)11(20)16(22,18(26,27)28)19(29,30)31/h10-11H,4-8H2,1-3H3,(H,33,35). The third kappa shape index (κ3) is 6.57. The van der Waals surface area contributed by atoms with Crippen molar-refractivity contribution in [3.63, 3.8) is 0 Å². The number of nitrogens with zero attached hydrogens (tertiary/aromatic N) is 1. The molecule has 210 valence electrons. The molecule has 0 saturated heterocycles. The number of hydrogen-bond acceptors (Lipinski definition) is 4. The Morgan fingerprint density at radius 1 is 0.972 bits per heavy atom. The van der Waals surface area contributed by atoms with E-state index in [1.54, 1.807) is 20.8 Å². The van der Waals surface area contributed by atoms with Crippen molar-refractivity contribution in [2.24, 2.45) is 15.8 Å². The normalized spacial score (nSPS) is 25.8. The van der Waals surface area contributed by atoms with Crippen molar-refractivity contribution in [2.45, 2.75) is 82.1 Å². The topological polar surface area (TPSA) is 67.8 Å².